The summed E-state index contributed by atoms with van der Waals surface area (Å²) >= 11 is 0. The molecule has 0 aliphatic carbocycles. The number of furan rings is 1. The number of nitrogens with one attached hydrogen (secondary N) is 1. The van der Waals surface area contributed by atoms with Gasteiger partial charge in [0.05, 0.1) is 24.1 Å². The number of hydrogen-bond acceptors (Lipinski definition) is 4. The third-order valence-electron chi connectivity index (χ3n) is 4.71. The van der Waals surface area contributed by atoms with Crippen molar-refractivity contribution in [3.63, 3.8) is 0 Å². The number of rotatable bonds is 4. The van der Waals surface area contributed by atoms with Crippen LogP contribution >= 0.6 is 0 Å². The van der Waals surface area contributed by atoms with E-state index in [9.17, 15) is 9.59 Å². The van der Waals surface area contributed by atoms with Gasteiger partial charge in [0, 0.05) is 6.54 Å². The SMILES string of the molecule is Cc1occc1C(=O)N1C[C@H](C(=O)NCc2ccccc2)Oc2ccccc21. The van der Waals surface area contributed by atoms with Gasteiger partial charge in [-0.2, -0.15) is 0 Å². The molecule has 0 radical (unpaired) electrons. The molecule has 3 aromatic rings. The number of hydrogen-bond donors (Lipinski definition) is 1. The molecule has 28 heavy (non-hydrogen) atoms. The van der Waals surface area contributed by atoms with Gasteiger partial charge >= 0.3 is 0 Å². The predicted octanol–water partition coefficient (Wildman–Crippen LogP) is 3.31. The van der Waals surface area contributed by atoms with Crippen molar-refractivity contribution in [2.45, 2.75) is 19.6 Å². The van der Waals surface area contributed by atoms with Gasteiger partial charge in [0.2, 0.25) is 0 Å². The lowest BCUT2D eigenvalue weighted by Gasteiger charge is -2.34. The Morgan fingerprint density at radius 1 is 1.07 bits per heavy atom. The van der Waals surface area contributed by atoms with Crippen LogP contribution in [0.5, 0.6) is 5.75 Å². The van der Waals surface area contributed by atoms with Crippen molar-refractivity contribution >= 4 is 17.5 Å². The molecular weight excluding hydrogens is 356 g/mol. The Balaban J connectivity index is 1.55. The fraction of sp³-hybridized carbons (Fsp3) is 0.182. The Morgan fingerprint density at radius 3 is 2.57 bits per heavy atom. The highest BCUT2D eigenvalue weighted by Gasteiger charge is 2.34. The Labute approximate surface area is 162 Å². The van der Waals surface area contributed by atoms with E-state index in [1.54, 1.807) is 30.0 Å². The average molecular weight is 376 g/mol. The Kier molecular flexibility index (Phi) is 4.85. The Bertz CT molecular complexity index is 997. The summed E-state index contributed by atoms with van der Waals surface area (Å²) in [5.41, 5.74) is 2.11. The number of nitrogens with zero attached hydrogens (tertiary/aromatic N) is 1. The van der Waals surface area contributed by atoms with Crippen LogP contribution in [0.3, 0.4) is 0 Å². The summed E-state index contributed by atoms with van der Waals surface area (Å²) in [5, 5.41) is 2.88. The van der Waals surface area contributed by atoms with Crippen molar-refractivity contribution < 1.29 is 18.7 Å². The maximum absolute atomic E-state index is 13.1. The van der Waals surface area contributed by atoms with E-state index in [1.165, 1.54) is 6.26 Å². The van der Waals surface area contributed by atoms with Gasteiger partial charge in [-0.15, -0.1) is 0 Å². The second kappa shape index (κ2) is 7.60. The number of fused-ring (bicyclic) bond motifs is 1. The minimum Gasteiger partial charge on any atom is -0.477 e. The molecule has 0 saturated heterocycles. The zero-order valence-electron chi connectivity index (χ0n) is 15.4. The van der Waals surface area contributed by atoms with Gasteiger partial charge in [0.25, 0.3) is 11.8 Å². The summed E-state index contributed by atoms with van der Waals surface area (Å²) < 4.78 is 11.1. The molecule has 1 N–H and O–H groups in total. The second-order valence-electron chi connectivity index (χ2n) is 6.58. The summed E-state index contributed by atoms with van der Waals surface area (Å²) in [5.74, 6) is 0.560. The van der Waals surface area contributed by atoms with Crippen LogP contribution in [0.4, 0.5) is 5.69 Å². The molecular formula is C22H20N2O4. The van der Waals surface area contributed by atoms with E-state index in [0.717, 1.165) is 5.56 Å². The first-order chi connectivity index (χ1) is 13.6. The predicted molar refractivity (Wildman–Crippen MR) is 104 cm³/mol. The normalized spacial score (nSPS) is 15.5. The first kappa shape index (κ1) is 17.9. The second-order valence-corrected chi connectivity index (χ2v) is 6.58. The van der Waals surface area contributed by atoms with E-state index in [1.807, 2.05) is 42.5 Å². The fourth-order valence-corrected chi connectivity index (χ4v) is 3.21. The van der Waals surface area contributed by atoms with Crippen LogP contribution in [0.1, 0.15) is 21.7 Å². The minimum atomic E-state index is -0.797. The summed E-state index contributed by atoms with van der Waals surface area (Å²) in [6.45, 7) is 2.26. The third-order valence-corrected chi connectivity index (χ3v) is 4.71. The van der Waals surface area contributed by atoms with Crippen molar-refractivity contribution in [3.05, 3.63) is 83.8 Å². The fourth-order valence-electron chi connectivity index (χ4n) is 3.21. The van der Waals surface area contributed by atoms with Crippen LogP contribution in [0.15, 0.2) is 71.3 Å². The molecule has 0 fully saturated rings. The number of ether oxygens (including phenoxy) is 1. The maximum atomic E-state index is 13.1. The van der Waals surface area contributed by atoms with Crippen LogP contribution in [0.25, 0.3) is 0 Å². The molecule has 6 heteroatoms. The molecule has 142 valence electrons. The van der Waals surface area contributed by atoms with E-state index in [0.29, 0.717) is 29.3 Å². The molecule has 0 bridgehead atoms. The zero-order chi connectivity index (χ0) is 19.5. The molecule has 4 rings (SSSR count). The lowest BCUT2D eigenvalue weighted by Crippen LogP contribution is -2.50. The van der Waals surface area contributed by atoms with Crippen LogP contribution < -0.4 is 15.0 Å². The minimum absolute atomic E-state index is 0.126. The first-order valence-electron chi connectivity index (χ1n) is 9.07. The van der Waals surface area contributed by atoms with Gasteiger partial charge in [-0.1, -0.05) is 42.5 Å². The standard InChI is InChI=1S/C22H20N2O4/c1-15-17(11-12-27-15)22(26)24-14-20(28-19-10-6-5-9-18(19)24)21(25)23-13-16-7-3-2-4-8-16/h2-12,20H,13-14H2,1H3,(H,23,25)/t20-/m1/s1. The third kappa shape index (κ3) is 3.49. The van der Waals surface area contributed by atoms with E-state index in [-0.39, 0.29) is 18.4 Å². The van der Waals surface area contributed by atoms with Crippen molar-refractivity contribution in [2.24, 2.45) is 0 Å². The largest absolute Gasteiger partial charge is 0.477 e. The number of aryl methyl sites for hydroxylation is 1. The van der Waals surface area contributed by atoms with Gasteiger partial charge < -0.3 is 19.4 Å². The zero-order valence-corrected chi connectivity index (χ0v) is 15.4. The van der Waals surface area contributed by atoms with Crippen molar-refractivity contribution in [3.8, 4) is 5.75 Å². The lowest BCUT2D eigenvalue weighted by molar-refractivity contribution is -0.127. The molecule has 1 aliphatic heterocycles. The highest BCUT2D eigenvalue weighted by atomic mass is 16.5. The first-order valence-corrected chi connectivity index (χ1v) is 9.07. The number of amides is 2. The molecule has 1 atom stereocenters. The molecule has 0 unspecified atom stereocenters. The van der Waals surface area contributed by atoms with Crippen molar-refractivity contribution in [1.82, 2.24) is 5.32 Å². The average Bonchev–Trinajstić information content (AvgIpc) is 3.17. The molecule has 1 aromatic heterocycles. The van der Waals surface area contributed by atoms with Crippen LogP contribution in [0, 0.1) is 6.92 Å². The van der Waals surface area contributed by atoms with Gasteiger partial charge in [-0.3, -0.25) is 9.59 Å². The molecule has 0 spiro atoms. The monoisotopic (exact) mass is 376 g/mol. The number of carbonyl (C=O) groups is 2. The Hall–Kier alpha value is -3.54. The van der Waals surface area contributed by atoms with Crippen LogP contribution in [-0.4, -0.2) is 24.5 Å². The van der Waals surface area contributed by atoms with Crippen molar-refractivity contribution in [2.75, 3.05) is 11.4 Å². The highest BCUT2D eigenvalue weighted by Crippen LogP contribution is 2.34. The highest BCUT2D eigenvalue weighted by molar-refractivity contribution is 6.08. The maximum Gasteiger partial charge on any atom is 0.263 e. The van der Waals surface area contributed by atoms with Crippen LogP contribution in [-0.2, 0) is 11.3 Å². The lowest BCUT2D eigenvalue weighted by atomic mass is 10.1. The van der Waals surface area contributed by atoms with E-state index in [2.05, 4.69) is 5.32 Å². The number of anilines is 1. The van der Waals surface area contributed by atoms with E-state index >= 15 is 0 Å². The Morgan fingerprint density at radius 2 is 1.82 bits per heavy atom. The number of carbonyl (C=O) groups excluding carboxylic acids is 2. The molecule has 6 nitrogen and oxygen atoms in total. The van der Waals surface area contributed by atoms with E-state index < -0.39 is 6.10 Å². The molecule has 2 heterocycles. The molecule has 2 amide bonds. The molecule has 1 aliphatic rings. The number of para-hydroxylation sites is 2. The molecule has 0 saturated carbocycles. The molecule has 2 aromatic carbocycles. The number of benzene rings is 2. The van der Waals surface area contributed by atoms with Gasteiger partial charge in [-0.25, -0.2) is 0 Å². The van der Waals surface area contributed by atoms with Crippen LogP contribution in [0.2, 0.25) is 0 Å². The summed E-state index contributed by atoms with van der Waals surface area (Å²) in [7, 11) is 0. The van der Waals surface area contributed by atoms with Crippen molar-refractivity contribution in [1.29, 1.82) is 0 Å². The summed E-state index contributed by atoms with van der Waals surface area (Å²) in [4.78, 5) is 27.4. The van der Waals surface area contributed by atoms with Gasteiger partial charge in [0.1, 0.15) is 11.5 Å². The van der Waals surface area contributed by atoms with Gasteiger partial charge in [0.15, 0.2) is 6.10 Å². The van der Waals surface area contributed by atoms with E-state index in [4.69, 9.17) is 9.15 Å². The smallest absolute Gasteiger partial charge is 0.263 e. The summed E-state index contributed by atoms with van der Waals surface area (Å²) in [6.07, 6.45) is 0.689. The summed E-state index contributed by atoms with van der Waals surface area (Å²) in [6, 6.07) is 18.5. The van der Waals surface area contributed by atoms with Gasteiger partial charge in [-0.05, 0) is 30.7 Å². The quantitative estimate of drug-likeness (QED) is 0.758. The topological polar surface area (TPSA) is 71.8 Å².